The number of rotatable bonds is 18. The van der Waals surface area contributed by atoms with Crippen LogP contribution in [-0.2, 0) is 18.9 Å². The van der Waals surface area contributed by atoms with E-state index >= 15 is 0 Å². The van der Waals surface area contributed by atoms with Crippen molar-refractivity contribution < 1.29 is 18.9 Å². The van der Waals surface area contributed by atoms with Crippen molar-refractivity contribution in [3.05, 3.63) is 0 Å². The monoisotopic (exact) mass is 452 g/mol. The lowest BCUT2D eigenvalue weighted by molar-refractivity contribution is 0.0734. The molecule has 0 aromatic rings. The normalized spacial score (nSPS) is 12.4. The van der Waals surface area contributed by atoms with Gasteiger partial charge in [-0.2, -0.15) is 0 Å². The summed E-state index contributed by atoms with van der Waals surface area (Å²) in [6.07, 6.45) is 3.56. The smallest absolute Gasteiger partial charge is 0.156 e. The van der Waals surface area contributed by atoms with Crippen molar-refractivity contribution >= 4 is 33.9 Å². The Kier molecular flexibility index (Phi) is 23.3. The van der Waals surface area contributed by atoms with Gasteiger partial charge in [-0.05, 0) is 12.8 Å². The van der Waals surface area contributed by atoms with Crippen LogP contribution in [-0.4, -0.2) is 103 Å². The summed E-state index contributed by atoms with van der Waals surface area (Å²) in [5.74, 6) is 2.14. The Labute approximate surface area is 185 Å². The zero-order valence-electron chi connectivity index (χ0n) is 18.5. The van der Waals surface area contributed by atoms with E-state index in [4.69, 9.17) is 18.9 Å². The molecule has 0 saturated carbocycles. The highest BCUT2D eigenvalue weighted by atomic mass is 32.2. The summed E-state index contributed by atoms with van der Waals surface area (Å²) >= 11 is 3.54. The van der Waals surface area contributed by atoms with Crippen molar-refractivity contribution in [1.82, 2.24) is 10.6 Å². The van der Waals surface area contributed by atoms with Crippen LogP contribution in [0.2, 0.25) is 0 Å². The van der Waals surface area contributed by atoms with Crippen molar-refractivity contribution in [3.8, 4) is 0 Å². The van der Waals surface area contributed by atoms with Gasteiger partial charge in [0.2, 0.25) is 0 Å². The number of thioether (sulfide) groups is 2. The van der Waals surface area contributed by atoms with E-state index in [1.165, 1.54) is 19.3 Å². The second-order valence-corrected chi connectivity index (χ2v) is 8.05. The molecule has 0 aliphatic heterocycles. The lowest BCUT2D eigenvalue weighted by atomic mass is 10.3. The summed E-state index contributed by atoms with van der Waals surface area (Å²) in [5.41, 5.74) is 0. The highest BCUT2D eigenvalue weighted by Gasteiger charge is 2.01. The van der Waals surface area contributed by atoms with Crippen molar-refractivity contribution in [3.63, 3.8) is 0 Å². The molecule has 0 aromatic heterocycles. The van der Waals surface area contributed by atoms with Crippen LogP contribution in [0.15, 0.2) is 9.98 Å². The molecule has 8 nitrogen and oxygen atoms in total. The van der Waals surface area contributed by atoms with E-state index in [1.807, 2.05) is 14.1 Å². The van der Waals surface area contributed by atoms with Gasteiger partial charge in [0.15, 0.2) is 10.3 Å². The zero-order valence-corrected chi connectivity index (χ0v) is 20.2. The Bertz CT molecular complexity index is 380. The third kappa shape index (κ3) is 20.5. The summed E-state index contributed by atoms with van der Waals surface area (Å²) < 4.78 is 20.8. The zero-order chi connectivity index (χ0) is 21.4. The number of aliphatic imine (C=N–C) groups is 2. The summed E-state index contributed by atoms with van der Waals surface area (Å²) in [6.45, 7) is 5.38. The molecule has 0 atom stereocenters. The first kappa shape index (κ1) is 28.5. The minimum absolute atomic E-state index is 0.629. The summed E-state index contributed by atoms with van der Waals surface area (Å²) in [6, 6.07) is 0. The van der Waals surface area contributed by atoms with E-state index in [0.717, 1.165) is 34.9 Å². The predicted octanol–water partition coefficient (Wildman–Crippen LogP) is 2.10. The summed E-state index contributed by atoms with van der Waals surface area (Å²) in [5, 5.41) is 8.57. The average Bonchev–Trinajstić information content (AvgIpc) is 2.74. The molecule has 0 fully saturated rings. The molecule has 0 amide bonds. The molecule has 0 radical (unpaired) electrons. The number of nitrogens with zero attached hydrogens (tertiary/aromatic N) is 2. The molecule has 0 spiro atoms. The van der Waals surface area contributed by atoms with Gasteiger partial charge in [-0.3, -0.25) is 9.98 Å². The van der Waals surface area contributed by atoms with E-state index in [-0.39, 0.29) is 0 Å². The molecule has 0 unspecified atom stereocenters. The van der Waals surface area contributed by atoms with E-state index in [0.29, 0.717) is 39.6 Å². The number of unbranched alkanes of at least 4 members (excludes halogenated alkanes) is 2. The van der Waals surface area contributed by atoms with Crippen LogP contribution in [0.1, 0.15) is 19.3 Å². The van der Waals surface area contributed by atoms with Crippen molar-refractivity contribution in [1.29, 1.82) is 0 Å². The SMILES string of the molecule is CN=C(NCCOCCOC)SCCCCCSC(=NC)NCCOCCOC. The van der Waals surface area contributed by atoms with Crippen LogP contribution in [0.5, 0.6) is 0 Å². The fraction of sp³-hybridized carbons (Fsp3) is 0.895. The second kappa shape index (κ2) is 23.8. The molecule has 2 N–H and O–H groups in total. The Morgan fingerprint density at radius 1 is 0.655 bits per heavy atom. The number of hydrogen-bond donors (Lipinski definition) is 2. The summed E-state index contributed by atoms with van der Waals surface area (Å²) in [7, 11) is 6.99. The van der Waals surface area contributed by atoms with Crippen molar-refractivity contribution in [2.24, 2.45) is 9.98 Å². The van der Waals surface area contributed by atoms with E-state index in [2.05, 4.69) is 20.6 Å². The van der Waals surface area contributed by atoms with E-state index < -0.39 is 0 Å². The number of hydrogen-bond acceptors (Lipinski definition) is 8. The van der Waals surface area contributed by atoms with E-state index in [9.17, 15) is 0 Å². The van der Waals surface area contributed by atoms with Crippen molar-refractivity contribution in [2.45, 2.75) is 19.3 Å². The van der Waals surface area contributed by atoms with Gasteiger partial charge in [0, 0.05) is 52.9 Å². The molecule has 172 valence electrons. The minimum atomic E-state index is 0.629. The third-order valence-electron chi connectivity index (χ3n) is 3.58. The van der Waals surface area contributed by atoms with Gasteiger partial charge < -0.3 is 29.6 Å². The van der Waals surface area contributed by atoms with Gasteiger partial charge in [-0.1, -0.05) is 29.9 Å². The fourth-order valence-electron chi connectivity index (χ4n) is 2.06. The molecule has 0 heterocycles. The molecule has 0 aliphatic rings. The quantitative estimate of drug-likeness (QED) is 0.186. The van der Waals surface area contributed by atoms with Crippen LogP contribution >= 0.6 is 23.5 Å². The highest BCUT2D eigenvalue weighted by molar-refractivity contribution is 8.14. The minimum Gasteiger partial charge on any atom is -0.382 e. The van der Waals surface area contributed by atoms with Crippen LogP contribution in [0, 0.1) is 0 Å². The van der Waals surface area contributed by atoms with Gasteiger partial charge in [0.1, 0.15) is 0 Å². The van der Waals surface area contributed by atoms with Gasteiger partial charge in [-0.25, -0.2) is 0 Å². The number of nitrogens with one attached hydrogen (secondary N) is 2. The average molecular weight is 453 g/mol. The molecule has 0 bridgehead atoms. The van der Waals surface area contributed by atoms with Crippen molar-refractivity contribution in [2.75, 3.05) is 92.6 Å². The third-order valence-corrected chi connectivity index (χ3v) is 5.77. The van der Waals surface area contributed by atoms with E-state index in [1.54, 1.807) is 37.7 Å². The lowest BCUT2D eigenvalue weighted by Gasteiger charge is -2.10. The number of ether oxygens (including phenoxy) is 4. The first-order valence-corrected chi connectivity index (χ1v) is 12.1. The standard InChI is InChI=1S/C19H40N4O4S2/c1-20-18(22-8-10-26-14-12-24-3)28-16-6-5-7-17-29-19(21-2)23-9-11-27-15-13-25-4/h5-17H2,1-4H3,(H,20,22)(H,21,23). The van der Waals surface area contributed by atoms with Gasteiger partial charge in [0.05, 0.1) is 39.6 Å². The summed E-state index contributed by atoms with van der Waals surface area (Å²) in [4.78, 5) is 8.57. The van der Waals surface area contributed by atoms with Crippen LogP contribution < -0.4 is 10.6 Å². The fourth-order valence-corrected chi connectivity index (χ4v) is 3.81. The molecule has 0 aromatic carbocycles. The molecular formula is C19H40N4O4S2. The number of amidine groups is 2. The number of methoxy groups -OCH3 is 2. The largest absolute Gasteiger partial charge is 0.382 e. The Morgan fingerprint density at radius 3 is 1.48 bits per heavy atom. The molecule has 29 heavy (non-hydrogen) atoms. The molecule has 0 rings (SSSR count). The van der Waals surface area contributed by atoms with Gasteiger partial charge in [-0.15, -0.1) is 0 Å². The molecular weight excluding hydrogens is 412 g/mol. The second-order valence-electron chi connectivity index (χ2n) is 5.88. The Balaban J connectivity index is 3.54. The Hall–Kier alpha value is -0.520. The molecule has 10 heteroatoms. The molecule has 0 saturated heterocycles. The van der Waals surface area contributed by atoms with Gasteiger partial charge in [0.25, 0.3) is 0 Å². The maximum Gasteiger partial charge on any atom is 0.156 e. The predicted molar refractivity (Wildman–Crippen MR) is 127 cm³/mol. The molecule has 0 aliphatic carbocycles. The topological polar surface area (TPSA) is 85.7 Å². The first-order valence-electron chi connectivity index (χ1n) is 10.1. The Morgan fingerprint density at radius 2 is 1.10 bits per heavy atom. The van der Waals surface area contributed by atoms with Crippen LogP contribution in [0.25, 0.3) is 0 Å². The van der Waals surface area contributed by atoms with Crippen LogP contribution in [0.3, 0.4) is 0 Å². The first-order chi connectivity index (χ1) is 14.3. The van der Waals surface area contributed by atoms with Crippen LogP contribution in [0.4, 0.5) is 0 Å². The van der Waals surface area contributed by atoms with Gasteiger partial charge >= 0.3 is 0 Å². The maximum absolute atomic E-state index is 5.43. The maximum atomic E-state index is 5.43. The lowest BCUT2D eigenvalue weighted by Crippen LogP contribution is -2.26. The highest BCUT2D eigenvalue weighted by Crippen LogP contribution is 2.11.